The zero-order valence-electron chi connectivity index (χ0n) is 20.3. The van der Waals surface area contributed by atoms with Crippen LogP contribution in [0, 0.1) is 6.92 Å². The van der Waals surface area contributed by atoms with Gasteiger partial charge in [-0.15, -0.1) is 0 Å². The maximum absolute atomic E-state index is 12.5. The highest BCUT2D eigenvalue weighted by Crippen LogP contribution is 2.37. The third-order valence-corrected chi connectivity index (χ3v) is 5.61. The summed E-state index contributed by atoms with van der Waals surface area (Å²) in [6.07, 6.45) is 2.41. The van der Waals surface area contributed by atoms with E-state index in [1.54, 1.807) is 31.4 Å². The number of ether oxygens (including phenoxy) is 4. The number of nitrogens with one attached hydrogen (secondary N) is 1. The molecule has 0 heterocycles. The molecule has 1 amide bonds. The normalized spacial score (nSPS) is 10.8. The first kappa shape index (κ1) is 26.1. The minimum absolute atomic E-state index is 0.370. The molecule has 3 rings (SSSR count). The summed E-state index contributed by atoms with van der Waals surface area (Å²) in [5.41, 5.74) is 5.90. The number of benzene rings is 3. The van der Waals surface area contributed by atoms with E-state index in [-0.39, 0.29) is 5.91 Å². The number of halogens is 1. The van der Waals surface area contributed by atoms with Crippen LogP contribution in [0.4, 0.5) is 0 Å². The van der Waals surface area contributed by atoms with E-state index >= 15 is 0 Å². The van der Waals surface area contributed by atoms with E-state index in [4.69, 9.17) is 18.9 Å². The van der Waals surface area contributed by atoms with E-state index in [9.17, 15) is 4.79 Å². The number of hydrogen-bond acceptors (Lipinski definition) is 6. The Hall–Kier alpha value is -3.52. The van der Waals surface area contributed by atoms with Crippen molar-refractivity contribution in [2.45, 2.75) is 26.9 Å². The number of amides is 1. The first-order chi connectivity index (χ1) is 16.9. The molecule has 3 aromatic rings. The van der Waals surface area contributed by atoms with Crippen LogP contribution in [-0.4, -0.2) is 32.9 Å². The molecule has 1 N–H and O–H groups in total. The quantitative estimate of drug-likeness (QED) is 0.241. The zero-order chi connectivity index (χ0) is 25.2. The number of nitrogens with zero attached hydrogens (tertiary/aromatic N) is 1. The Morgan fingerprint density at radius 1 is 0.971 bits per heavy atom. The van der Waals surface area contributed by atoms with Crippen LogP contribution in [0.5, 0.6) is 23.0 Å². The van der Waals surface area contributed by atoms with Crippen molar-refractivity contribution < 1.29 is 23.7 Å². The summed E-state index contributed by atoms with van der Waals surface area (Å²) >= 11 is 3.54. The first-order valence-electron chi connectivity index (χ1n) is 11.1. The molecule has 0 bridgehead atoms. The molecule has 7 nitrogen and oxygen atoms in total. The predicted octanol–water partition coefficient (Wildman–Crippen LogP) is 5.91. The van der Waals surface area contributed by atoms with Crippen LogP contribution < -0.4 is 24.4 Å². The lowest BCUT2D eigenvalue weighted by Crippen LogP contribution is -2.17. The number of hydrogen-bond donors (Lipinski definition) is 1. The van der Waals surface area contributed by atoms with Crippen molar-refractivity contribution in [3.05, 3.63) is 81.3 Å². The Bertz CT molecular complexity index is 1180. The fourth-order valence-corrected chi connectivity index (χ4v) is 3.74. The van der Waals surface area contributed by atoms with E-state index < -0.39 is 0 Å². The zero-order valence-corrected chi connectivity index (χ0v) is 21.8. The second-order valence-electron chi connectivity index (χ2n) is 7.72. The molecule has 0 aromatic heterocycles. The lowest BCUT2D eigenvalue weighted by Gasteiger charge is -2.13. The lowest BCUT2D eigenvalue weighted by atomic mass is 10.1. The SMILES string of the molecule is CCCOc1ccc(C(=O)N/N=C/c2cc(Br)c(OCc3ccc(C)cc3)c(OC)c2)cc1OC. The largest absolute Gasteiger partial charge is 0.493 e. The van der Waals surface area contributed by atoms with Crippen molar-refractivity contribution in [2.75, 3.05) is 20.8 Å². The van der Waals surface area contributed by atoms with Crippen molar-refractivity contribution in [3.8, 4) is 23.0 Å². The average molecular weight is 541 g/mol. The summed E-state index contributed by atoms with van der Waals surface area (Å²) in [6, 6.07) is 16.8. The smallest absolute Gasteiger partial charge is 0.271 e. The van der Waals surface area contributed by atoms with Crippen LogP contribution in [0.15, 0.2) is 64.2 Å². The van der Waals surface area contributed by atoms with Gasteiger partial charge in [0.1, 0.15) is 6.61 Å². The van der Waals surface area contributed by atoms with Crippen LogP contribution in [0.25, 0.3) is 0 Å². The van der Waals surface area contributed by atoms with Crippen LogP contribution >= 0.6 is 15.9 Å². The molecule has 0 spiro atoms. The van der Waals surface area contributed by atoms with Gasteiger partial charge in [-0.05, 0) is 70.7 Å². The number of carbonyl (C=O) groups excluding carboxylic acids is 1. The Morgan fingerprint density at radius 3 is 2.40 bits per heavy atom. The second kappa shape index (κ2) is 12.8. The Kier molecular flexibility index (Phi) is 9.55. The van der Waals surface area contributed by atoms with Crippen molar-refractivity contribution in [3.63, 3.8) is 0 Å². The summed E-state index contributed by atoms with van der Waals surface area (Å²) in [4.78, 5) is 12.5. The van der Waals surface area contributed by atoms with E-state index in [1.165, 1.54) is 18.9 Å². The third kappa shape index (κ3) is 7.23. The molecule has 3 aromatic carbocycles. The van der Waals surface area contributed by atoms with Gasteiger partial charge in [0.05, 0.1) is 31.5 Å². The molecule has 0 unspecified atom stereocenters. The van der Waals surface area contributed by atoms with Gasteiger partial charge in [-0.3, -0.25) is 4.79 Å². The molecule has 0 fully saturated rings. The van der Waals surface area contributed by atoms with Gasteiger partial charge in [-0.1, -0.05) is 36.8 Å². The van der Waals surface area contributed by atoms with Gasteiger partial charge >= 0.3 is 0 Å². The highest BCUT2D eigenvalue weighted by Gasteiger charge is 2.13. The van der Waals surface area contributed by atoms with Gasteiger partial charge in [-0.2, -0.15) is 5.10 Å². The minimum atomic E-state index is -0.370. The number of methoxy groups -OCH3 is 2. The second-order valence-corrected chi connectivity index (χ2v) is 8.58. The standard InChI is InChI=1S/C27H29BrN2O5/c1-5-12-34-23-11-10-21(15-24(23)32-3)27(31)30-29-16-20-13-22(28)26(25(14-20)33-4)35-17-19-8-6-18(2)7-9-19/h6-11,13-16H,5,12,17H2,1-4H3,(H,30,31)/b29-16+. The molecular formula is C27H29BrN2O5. The maximum atomic E-state index is 12.5. The molecule has 0 saturated heterocycles. The fourth-order valence-electron chi connectivity index (χ4n) is 3.16. The van der Waals surface area contributed by atoms with Crippen LogP contribution in [0.3, 0.4) is 0 Å². The monoisotopic (exact) mass is 540 g/mol. The molecule has 35 heavy (non-hydrogen) atoms. The summed E-state index contributed by atoms with van der Waals surface area (Å²) in [7, 11) is 3.11. The molecule has 0 radical (unpaired) electrons. The third-order valence-electron chi connectivity index (χ3n) is 5.02. The van der Waals surface area contributed by atoms with Crippen LogP contribution in [0.1, 0.15) is 40.4 Å². The van der Waals surface area contributed by atoms with Gasteiger partial charge in [0.15, 0.2) is 23.0 Å². The molecule has 0 atom stereocenters. The Morgan fingerprint density at radius 2 is 1.71 bits per heavy atom. The van der Waals surface area contributed by atoms with E-state index in [2.05, 4.69) is 26.5 Å². The minimum Gasteiger partial charge on any atom is -0.493 e. The summed E-state index contributed by atoms with van der Waals surface area (Å²) < 4.78 is 23.2. The molecule has 0 aliphatic rings. The van der Waals surface area contributed by atoms with E-state index in [0.717, 1.165) is 17.5 Å². The van der Waals surface area contributed by atoms with Crippen molar-refractivity contribution in [1.29, 1.82) is 0 Å². The Balaban J connectivity index is 1.66. The van der Waals surface area contributed by atoms with Gasteiger partial charge in [0.25, 0.3) is 5.91 Å². The molecule has 0 aliphatic carbocycles. The highest BCUT2D eigenvalue weighted by molar-refractivity contribution is 9.10. The summed E-state index contributed by atoms with van der Waals surface area (Å²) in [5, 5.41) is 4.08. The predicted molar refractivity (Wildman–Crippen MR) is 140 cm³/mol. The molecule has 0 saturated carbocycles. The van der Waals surface area contributed by atoms with Gasteiger partial charge < -0.3 is 18.9 Å². The van der Waals surface area contributed by atoms with Gasteiger partial charge in [0, 0.05) is 5.56 Å². The van der Waals surface area contributed by atoms with Crippen molar-refractivity contribution in [1.82, 2.24) is 5.43 Å². The van der Waals surface area contributed by atoms with E-state index in [1.807, 2.05) is 44.2 Å². The molecule has 8 heteroatoms. The number of hydrazone groups is 1. The first-order valence-corrected chi connectivity index (χ1v) is 11.9. The summed E-state index contributed by atoms with van der Waals surface area (Å²) in [6.45, 7) is 5.04. The van der Waals surface area contributed by atoms with Crippen LogP contribution in [-0.2, 0) is 6.61 Å². The maximum Gasteiger partial charge on any atom is 0.271 e. The average Bonchev–Trinajstić information content (AvgIpc) is 2.87. The fraction of sp³-hybridized carbons (Fsp3) is 0.259. The topological polar surface area (TPSA) is 78.4 Å². The van der Waals surface area contributed by atoms with Gasteiger partial charge in [0.2, 0.25) is 0 Å². The number of aryl methyl sites for hydroxylation is 1. The molecule has 184 valence electrons. The number of rotatable bonds is 11. The van der Waals surface area contributed by atoms with Crippen molar-refractivity contribution >= 4 is 28.1 Å². The van der Waals surface area contributed by atoms with E-state index in [0.29, 0.717) is 46.2 Å². The van der Waals surface area contributed by atoms with Gasteiger partial charge in [-0.25, -0.2) is 5.43 Å². The number of carbonyl (C=O) groups is 1. The van der Waals surface area contributed by atoms with Crippen LogP contribution in [0.2, 0.25) is 0 Å². The Labute approximate surface area is 214 Å². The van der Waals surface area contributed by atoms with Crippen molar-refractivity contribution in [2.24, 2.45) is 5.10 Å². The summed E-state index contributed by atoms with van der Waals surface area (Å²) in [5.74, 6) is 1.85. The molecule has 0 aliphatic heterocycles. The lowest BCUT2D eigenvalue weighted by molar-refractivity contribution is 0.0954. The highest BCUT2D eigenvalue weighted by atomic mass is 79.9. The molecular weight excluding hydrogens is 512 g/mol.